The van der Waals surface area contributed by atoms with Crippen LogP contribution in [0.5, 0.6) is 0 Å². The summed E-state index contributed by atoms with van der Waals surface area (Å²) in [6.07, 6.45) is 1.67. The third-order valence-electron chi connectivity index (χ3n) is 2.74. The van der Waals surface area contributed by atoms with Crippen molar-refractivity contribution in [1.82, 2.24) is 9.88 Å². The lowest BCUT2D eigenvalue weighted by atomic mass is 10.4. The summed E-state index contributed by atoms with van der Waals surface area (Å²) in [5.41, 5.74) is 5.51. The minimum Gasteiger partial charge on any atom is -0.464 e. The number of aryl methyl sites for hydroxylation is 1. The number of rotatable bonds is 5. The zero-order valence-electron chi connectivity index (χ0n) is 11.5. The van der Waals surface area contributed by atoms with Crippen molar-refractivity contribution in [3.8, 4) is 0 Å². The van der Waals surface area contributed by atoms with E-state index in [0.717, 1.165) is 16.4 Å². The Hall–Kier alpha value is -1.95. The Morgan fingerprint density at radius 2 is 2.20 bits per heavy atom. The third-order valence-corrected chi connectivity index (χ3v) is 3.70. The molecule has 0 saturated carbocycles. The highest BCUT2D eigenvalue weighted by Crippen LogP contribution is 2.18. The maximum Gasteiger partial charge on any atom is 0.233 e. The van der Waals surface area contributed by atoms with Gasteiger partial charge in [-0.15, -0.1) is 11.8 Å². The predicted molar refractivity (Wildman–Crippen MR) is 79.3 cm³/mol. The third kappa shape index (κ3) is 4.03. The van der Waals surface area contributed by atoms with Gasteiger partial charge in [-0.3, -0.25) is 4.79 Å². The monoisotopic (exact) mass is 291 g/mol. The van der Waals surface area contributed by atoms with Crippen LogP contribution in [-0.4, -0.2) is 28.6 Å². The first-order valence-corrected chi connectivity index (χ1v) is 7.17. The highest BCUT2D eigenvalue weighted by Gasteiger charge is 2.11. The van der Waals surface area contributed by atoms with Gasteiger partial charge in [0, 0.05) is 18.1 Å². The Balaban J connectivity index is 1.83. The molecule has 20 heavy (non-hydrogen) atoms. The SMILES string of the molecule is Cc1ccc(CN(C)C(=O)CSc2ccc(N)nc2)o1. The van der Waals surface area contributed by atoms with Crippen LogP contribution in [-0.2, 0) is 11.3 Å². The molecule has 0 unspecified atom stereocenters. The largest absolute Gasteiger partial charge is 0.464 e. The molecule has 2 aromatic rings. The van der Waals surface area contributed by atoms with E-state index in [9.17, 15) is 4.79 Å². The number of anilines is 1. The second kappa shape index (κ2) is 6.47. The Morgan fingerprint density at radius 3 is 2.80 bits per heavy atom. The average molecular weight is 291 g/mol. The van der Waals surface area contributed by atoms with Crippen LogP contribution in [0.3, 0.4) is 0 Å². The van der Waals surface area contributed by atoms with Gasteiger partial charge in [-0.2, -0.15) is 0 Å². The summed E-state index contributed by atoms with van der Waals surface area (Å²) >= 11 is 1.44. The number of nitrogens with zero attached hydrogens (tertiary/aromatic N) is 2. The molecular weight excluding hydrogens is 274 g/mol. The van der Waals surface area contributed by atoms with Crippen molar-refractivity contribution < 1.29 is 9.21 Å². The molecule has 0 aliphatic carbocycles. The van der Waals surface area contributed by atoms with Crippen LogP contribution in [0, 0.1) is 6.92 Å². The molecule has 2 aromatic heterocycles. The topological polar surface area (TPSA) is 72.4 Å². The summed E-state index contributed by atoms with van der Waals surface area (Å²) in [5, 5.41) is 0. The first-order chi connectivity index (χ1) is 9.54. The van der Waals surface area contributed by atoms with Crippen LogP contribution in [0.1, 0.15) is 11.5 Å². The predicted octanol–water partition coefficient (Wildman–Crippen LogP) is 2.32. The molecule has 106 valence electrons. The summed E-state index contributed by atoms with van der Waals surface area (Å²) in [6, 6.07) is 7.36. The van der Waals surface area contributed by atoms with Crippen LogP contribution in [0.2, 0.25) is 0 Å². The Bertz CT molecular complexity index is 580. The lowest BCUT2D eigenvalue weighted by molar-refractivity contribution is -0.127. The molecule has 0 bridgehead atoms. The number of nitrogens with two attached hydrogens (primary N) is 1. The van der Waals surface area contributed by atoms with Crippen molar-refractivity contribution in [2.24, 2.45) is 0 Å². The number of furan rings is 1. The molecule has 0 saturated heterocycles. The summed E-state index contributed by atoms with van der Waals surface area (Å²) in [7, 11) is 1.77. The van der Waals surface area contributed by atoms with Crippen molar-refractivity contribution in [2.75, 3.05) is 18.5 Å². The van der Waals surface area contributed by atoms with Gasteiger partial charge in [-0.1, -0.05) is 0 Å². The molecule has 0 aromatic carbocycles. The van der Waals surface area contributed by atoms with Crippen molar-refractivity contribution in [2.45, 2.75) is 18.4 Å². The van der Waals surface area contributed by atoms with Crippen molar-refractivity contribution in [3.63, 3.8) is 0 Å². The van der Waals surface area contributed by atoms with Gasteiger partial charge in [-0.05, 0) is 31.2 Å². The second-order valence-electron chi connectivity index (χ2n) is 4.47. The van der Waals surface area contributed by atoms with Crippen LogP contribution in [0.4, 0.5) is 5.82 Å². The summed E-state index contributed by atoms with van der Waals surface area (Å²) in [5.74, 6) is 2.52. The van der Waals surface area contributed by atoms with E-state index in [-0.39, 0.29) is 5.91 Å². The van der Waals surface area contributed by atoms with Gasteiger partial charge in [0.2, 0.25) is 5.91 Å². The number of carbonyl (C=O) groups excluding carboxylic acids is 1. The van der Waals surface area contributed by atoms with E-state index in [1.54, 1.807) is 24.2 Å². The summed E-state index contributed by atoms with van der Waals surface area (Å²) in [4.78, 5) is 18.6. The molecular formula is C14H17N3O2S. The second-order valence-corrected chi connectivity index (χ2v) is 5.52. The number of carbonyl (C=O) groups is 1. The lowest BCUT2D eigenvalue weighted by Gasteiger charge is -2.15. The number of hydrogen-bond acceptors (Lipinski definition) is 5. The van der Waals surface area contributed by atoms with Crippen molar-refractivity contribution in [3.05, 3.63) is 42.0 Å². The molecule has 0 aliphatic heterocycles. The highest BCUT2D eigenvalue weighted by molar-refractivity contribution is 8.00. The molecule has 2 rings (SSSR count). The van der Waals surface area contributed by atoms with Gasteiger partial charge < -0.3 is 15.1 Å². The molecule has 0 spiro atoms. The van der Waals surface area contributed by atoms with Crippen molar-refractivity contribution in [1.29, 1.82) is 0 Å². The molecule has 0 radical (unpaired) electrons. The maximum atomic E-state index is 12.0. The number of pyridine rings is 1. The molecule has 0 atom stereocenters. The number of thioether (sulfide) groups is 1. The van der Waals surface area contributed by atoms with E-state index in [4.69, 9.17) is 10.2 Å². The maximum absolute atomic E-state index is 12.0. The quantitative estimate of drug-likeness (QED) is 0.856. The zero-order chi connectivity index (χ0) is 14.5. The van der Waals surface area contributed by atoms with Crippen LogP contribution < -0.4 is 5.73 Å². The van der Waals surface area contributed by atoms with Gasteiger partial charge in [-0.25, -0.2) is 4.98 Å². The van der Waals surface area contributed by atoms with Gasteiger partial charge in [0.15, 0.2) is 0 Å². The van der Waals surface area contributed by atoms with Gasteiger partial charge in [0.1, 0.15) is 17.3 Å². The fourth-order valence-corrected chi connectivity index (χ4v) is 2.43. The minimum absolute atomic E-state index is 0.0425. The summed E-state index contributed by atoms with van der Waals surface area (Å²) in [6.45, 7) is 2.36. The van der Waals surface area contributed by atoms with E-state index >= 15 is 0 Å². The smallest absolute Gasteiger partial charge is 0.233 e. The molecule has 0 aliphatic rings. The standard InChI is InChI=1S/C14H17N3O2S/c1-10-3-4-11(19-10)8-17(2)14(18)9-20-12-5-6-13(15)16-7-12/h3-7H,8-9H2,1-2H3,(H2,15,16). The molecule has 0 fully saturated rings. The Morgan fingerprint density at radius 1 is 1.40 bits per heavy atom. The fourth-order valence-electron chi connectivity index (χ4n) is 1.62. The molecule has 1 amide bonds. The van der Waals surface area contributed by atoms with E-state index in [1.165, 1.54) is 11.8 Å². The minimum atomic E-state index is 0.0425. The van der Waals surface area contributed by atoms with Gasteiger partial charge in [0.05, 0.1) is 12.3 Å². The van der Waals surface area contributed by atoms with Gasteiger partial charge in [0.25, 0.3) is 0 Å². The zero-order valence-corrected chi connectivity index (χ0v) is 12.3. The van der Waals surface area contributed by atoms with Crippen LogP contribution in [0.25, 0.3) is 0 Å². The number of hydrogen-bond donors (Lipinski definition) is 1. The van der Waals surface area contributed by atoms with E-state index < -0.39 is 0 Å². The van der Waals surface area contributed by atoms with E-state index in [2.05, 4.69) is 4.98 Å². The highest BCUT2D eigenvalue weighted by atomic mass is 32.2. The Labute approximate surface area is 122 Å². The Kier molecular flexibility index (Phi) is 4.68. The first kappa shape index (κ1) is 14.5. The van der Waals surface area contributed by atoms with E-state index in [1.807, 2.05) is 25.1 Å². The van der Waals surface area contributed by atoms with Gasteiger partial charge >= 0.3 is 0 Å². The summed E-state index contributed by atoms with van der Waals surface area (Å²) < 4.78 is 5.46. The molecule has 5 nitrogen and oxygen atoms in total. The van der Waals surface area contributed by atoms with E-state index in [0.29, 0.717) is 18.1 Å². The number of aromatic nitrogens is 1. The number of nitrogen functional groups attached to an aromatic ring is 1. The van der Waals surface area contributed by atoms with Crippen LogP contribution >= 0.6 is 11.8 Å². The average Bonchev–Trinajstić information content (AvgIpc) is 2.83. The fraction of sp³-hybridized carbons (Fsp3) is 0.286. The van der Waals surface area contributed by atoms with Crippen LogP contribution in [0.15, 0.2) is 39.8 Å². The molecule has 2 N–H and O–H groups in total. The molecule has 6 heteroatoms. The number of amides is 1. The first-order valence-electron chi connectivity index (χ1n) is 6.18. The van der Waals surface area contributed by atoms with Crippen molar-refractivity contribution >= 4 is 23.5 Å². The lowest BCUT2D eigenvalue weighted by Crippen LogP contribution is -2.27. The normalized spacial score (nSPS) is 10.5. The molecule has 2 heterocycles.